The van der Waals surface area contributed by atoms with E-state index in [1.807, 2.05) is 20.8 Å². The summed E-state index contributed by atoms with van der Waals surface area (Å²) in [5.41, 5.74) is -2.82. The normalized spacial score (nSPS) is 24.5. The SMILES string of the molecule is CC(C)(C)OCCOC(=O)C1(C(F)(F)F)CCNC1. The number of carbonyl (C=O) groups excluding carboxylic acids is 1. The number of ether oxygens (including phenoxy) is 2. The first-order valence-corrected chi connectivity index (χ1v) is 6.17. The Hall–Kier alpha value is -0.820. The van der Waals surface area contributed by atoms with Gasteiger partial charge in [-0.15, -0.1) is 0 Å². The summed E-state index contributed by atoms with van der Waals surface area (Å²) in [6.45, 7) is 5.08. The van der Waals surface area contributed by atoms with Crippen molar-refractivity contribution < 1.29 is 27.4 Å². The minimum Gasteiger partial charge on any atom is -0.463 e. The van der Waals surface area contributed by atoms with Gasteiger partial charge in [0.25, 0.3) is 0 Å². The second-order valence-corrected chi connectivity index (χ2v) is 5.60. The average Bonchev–Trinajstić information content (AvgIpc) is 2.72. The molecule has 0 aliphatic carbocycles. The third-order valence-corrected chi connectivity index (χ3v) is 2.94. The Morgan fingerprint density at radius 1 is 1.26 bits per heavy atom. The molecule has 1 fully saturated rings. The van der Waals surface area contributed by atoms with Gasteiger partial charge in [-0.3, -0.25) is 4.79 Å². The van der Waals surface area contributed by atoms with Crippen LogP contribution in [0.5, 0.6) is 0 Å². The summed E-state index contributed by atoms with van der Waals surface area (Å²) in [4.78, 5) is 11.7. The Labute approximate surface area is 110 Å². The molecule has 112 valence electrons. The van der Waals surface area contributed by atoms with Crippen molar-refractivity contribution in [2.24, 2.45) is 5.41 Å². The third-order valence-electron chi connectivity index (χ3n) is 2.94. The Kier molecular flexibility index (Phi) is 4.84. The Bertz CT molecular complexity index is 317. The van der Waals surface area contributed by atoms with Crippen molar-refractivity contribution in [3.8, 4) is 0 Å². The van der Waals surface area contributed by atoms with Crippen LogP contribution in [-0.2, 0) is 14.3 Å². The number of carbonyl (C=O) groups is 1. The molecule has 1 rings (SSSR count). The van der Waals surface area contributed by atoms with Gasteiger partial charge in [0.1, 0.15) is 6.61 Å². The zero-order chi connectivity index (χ0) is 14.7. The molecule has 19 heavy (non-hydrogen) atoms. The molecule has 1 aliphatic rings. The largest absolute Gasteiger partial charge is 0.463 e. The van der Waals surface area contributed by atoms with Crippen molar-refractivity contribution >= 4 is 5.97 Å². The molecule has 0 saturated carbocycles. The molecule has 0 radical (unpaired) electrons. The van der Waals surface area contributed by atoms with E-state index in [0.29, 0.717) is 0 Å². The lowest BCUT2D eigenvalue weighted by molar-refractivity contribution is -0.230. The smallest absolute Gasteiger partial charge is 0.406 e. The summed E-state index contributed by atoms with van der Waals surface area (Å²) in [5, 5.41) is 2.56. The summed E-state index contributed by atoms with van der Waals surface area (Å²) >= 11 is 0. The molecule has 4 nitrogen and oxygen atoms in total. The molecule has 1 unspecified atom stereocenters. The molecule has 0 aromatic carbocycles. The zero-order valence-electron chi connectivity index (χ0n) is 11.4. The van der Waals surface area contributed by atoms with Crippen LogP contribution in [0.3, 0.4) is 0 Å². The zero-order valence-corrected chi connectivity index (χ0v) is 11.4. The van der Waals surface area contributed by atoms with Crippen molar-refractivity contribution in [3.05, 3.63) is 0 Å². The van der Waals surface area contributed by atoms with E-state index in [1.54, 1.807) is 0 Å². The fourth-order valence-electron chi connectivity index (χ4n) is 1.84. The Morgan fingerprint density at radius 3 is 2.32 bits per heavy atom. The van der Waals surface area contributed by atoms with Gasteiger partial charge >= 0.3 is 12.1 Å². The first-order valence-electron chi connectivity index (χ1n) is 6.17. The van der Waals surface area contributed by atoms with Gasteiger partial charge in [-0.25, -0.2) is 0 Å². The summed E-state index contributed by atoms with van der Waals surface area (Å²) in [7, 11) is 0. The van der Waals surface area contributed by atoms with E-state index in [1.165, 1.54) is 0 Å². The van der Waals surface area contributed by atoms with E-state index in [9.17, 15) is 18.0 Å². The second-order valence-electron chi connectivity index (χ2n) is 5.60. The van der Waals surface area contributed by atoms with Crippen LogP contribution in [0.25, 0.3) is 0 Å². The maximum atomic E-state index is 13.0. The summed E-state index contributed by atoms with van der Waals surface area (Å²) in [6.07, 6.45) is -4.88. The van der Waals surface area contributed by atoms with E-state index in [-0.39, 0.29) is 26.2 Å². The molecule has 1 aliphatic heterocycles. The number of nitrogens with one attached hydrogen (secondary N) is 1. The van der Waals surface area contributed by atoms with Crippen LogP contribution in [0.4, 0.5) is 13.2 Å². The maximum absolute atomic E-state index is 13.0. The fraction of sp³-hybridized carbons (Fsp3) is 0.917. The minimum atomic E-state index is -4.60. The molecule has 0 spiro atoms. The highest BCUT2D eigenvalue weighted by atomic mass is 19.4. The number of hydrogen-bond donors (Lipinski definition) is 1. The standard InChI is InChI=1S/C12H20F3NO3/c1-10(2,3)19-7-6-18-9(17)11(12(13,14)15)4-5-16-8-11/h16H,4-8H2,1-3H3. The van der Waals surface area contributed by atoms with Crippen molar-refractivity contribution in [1.29, 1.82) is 0 Å². The first kappa shape index (κ1) is 16.2. The van der Waals surface area contributed by atoms with Crippen LogP contribution in [0.2, 0.25) is 0 Å². The molecular formula is C12H20F3NO3. The fourth-order valence-corrected chi connectivity index (χ4v) is 1.84. The lowest BCUT2D eigenvalue weighted by atomic mass is 9.86. The first-order chi connectivity index (χ1) is 8.58. The lowest BCUT2D eigenvalue weighted by Crippen LogP contribution is -2.48. The molecular weight excluding hydrogens is 263 g/mol. The van der Waals surface area contributed by atoms with E-state index >= 15 is 0 Å². The van der Waals surface area contributed by atoms with Crippen molar-refractivity contribution in [1.82, 2.24) is 5.32 Å². The van der Waals surface area contributed by atoms with Crippen LogP contribution < -0.4 is 5.32 Å². The Balaban J connectivity index is 2.51. The highest BCUT2D eigenvalue weighted by Gasteiger charge is 2.62. The number of esters is 1. The van der Waals surface area contributed by atoms with Gasteiger partial charge in [-0.2, -0.15) is 13.2 Å². The van der Waals surface area contributed by atoms with Crippen LogP contribution in [0, 0.1) is 5.41 Å². The summed E-state index contributed by atoms with van der Waals surface area (Å²) in [5.74, 6) is -1.22. The van der Waals surface area contributed by atoms with Crippen LogP contribution in [-0.4, -0.2) is 44.0 Å². The van der Waals surface area contributed by atoms with Crippen molar-refractivity contribution in [2.75, 3.05) is 26.3 Å². The summed E-state index contributed by atoms with van der Waals surface area (Å²) in [6, 6.07) is 0. The molecule has 1 atom stereocenters. The molecule has 1 N–H and O–H groups in total. The van der Waals surface area contributed by atoms with E-state index in [0.717, 1.165) is 0 Å². The van der Waals surface area contributed by atoms with E-state index in [4.69, 9.17) is 9.47 Å². The van der Waals surface area contributed by atoms with Crippen LogP contribution >= 0.6 is 0 Å². The third kappa shape index (κ3) is 4.07. The van der Waals surface area contributed by atoms with Crippen LogP contribution in [0.1, 0.15) is 27.2 Å². The average molecular weight is 283 g/mol. The quantitative estimate of drug-likeness (QED) is 0.632. The predicted octanol–water partition coefficient (Wildman–Crippen LogP) is 1.89. The monoisotopic (exact) mass is 283 g/mol. The summed E-state index contributed by atoms with van der Waals surface area (Å²) < 4.78 is 49.0. The molecule has 0 aromatic rings. The molecule has 0 bridgehead atoms. The Morgan fingerprint density at radius 2 is 1.89 bits per heavy atom. The molecule has 0 amide bonds. The number of hydrogen-bond acceptors (Lipinski definition) is 4. The topological polar surface area (TPSA) is 47.6 Å². The predicted molar refractivity (Wildman–Crippen MR) is 62.6 cm³/mol. The minimum absolute atomic E-state index is 0.0800. The number of rotatable bonds is 4. The molecule has 0 aromatic heterocycles. The second kappa shape index (κ2) is 5.66. The molecule has 1 saturated heterocycles. The van der Waals surface area contributed by atoms with Crippen molar-refractivity contribution in [2.45, 2.75) is 39.0 Å². The molecule has 7 heteroatoms. The van der Waals surface area contributed by atoms with E-state index in [2.05, 4.69) is 5.32 Å². The maximum Gasteiger partial charge on any atom is 0.406 e. The van der Waals surface area contributed by atoms with Gasteiger partial charge in [0.2, 0.25) is 0 Å². The van der Waals surface area contributed by atoms with Crippen molar-refractivity contribution in [3.63, 3.8) is 0 Å². The number of halogens is 3. The van der Waals surface area contributed by atoms with Gasteiger partial charge in [0, 0.05) is 6.54 Å². The van der Waals surface area contributed by atoms with Crippen LogP contribution in [0.15, 0.2) is 0 Å². The highest BCUT2D eigenvalue weighted by molar-refractivity contribution is 5.78. The van der Waals surface area contributed by atoms with Gasteiger partial charge < -0.3 is 14.8 Å². The van der Waals surface area contributed by atoms with Gasteiger partial charge in [0.05, 0.1) is 12.2 Å². The number of alkyl halides is 3. The van der Waals surface area contributed by atoms with Gasteiger partial charge in [-0.05, 0) is 33.7 Å². The van der Waals surface area contributed by atoms with Gasteiger partial charge in [0.15, 0.2) is 5.41 Å². The van der Waals surface area contributed by atoms with Gasteiger partial charge in [-0.1, -0.05) is 0 Å². The van der Waals surface area contributed by atoms with E-state index < -0.39 is 29.7 Å². The lowest BCUT2D eigenvalue weighted by Gasteiger charge is -2.28. The molecule has 1 heterocycles. The highest BCUT2D eigenvalue weighted by Crippen LogP contribution is 2.43.